The van der Waals surface area contributed by atoms with E-state index in [1.165, 1.54) is 19.3 Å². The second-order valence-electron chi connectivity index (χ2n) is 5.22. The zero-order valence-corrected chi connectivity index (χ0v) is 11.4. The summed E-state index contributed by atoms with van der Waals surface area (Å²) in [6.07, 6.45) is 5.43. The second kappa shape index (κ2) is 8.32. The number of aliphatic hydroxyl groups is 1. The standard InChI is InChI=1S/C13H27N3O2/c1-2-3-5-11-8-12(15-6-4-7-17)10-16(9-11)13(14)18/h11-12,15,17H,2-10H2,1H3,(H2,14,18). The lowest BCUT2D eigenvalue weighted by Gasteiger charge is -2.37. The molecule has 0 bridgehead atoms. The zero-order valence-electron chi connectivity index (χ0n) is 11.4. The van der Waals surface area contributed by atoms with Crippen LogP contribution in [0.1, 0.15) is 39.0 Å². The minimum atomic E-state index is -0.315. The van der Waals surface area contributed by atoms with Gasteiger partial charge in [-0.15, -0.1) is 0 Å². The SMILES string of the molecule is CCCCC1CC(NCCCO)CN(C(N)=O)C1. The van der Waals surface area contributed by atoms with Gasteiger partial charge in [0.2, 0.25) is 0 Å². The number of rotatable bonds is 7. The number of unbranched alkanes of at least 4 members (excludes halogenated alkanes) is 1. The molecule has 2 amide bonds. The van der Waals surface area contributed by atoms with Crippen LogP contribution in [-0.4, -0.2) is 48.3 Å². The fourth-order valence-electron chi connectivity index (χ4n) is 2.62. The van der Waals surface area contributed by atoms with Crippen molar-refractivity contribution < 1.29 is 9.90 Å². The van der Waals surface area contributed by atoms with E-state index in [2.05, 4.69) is 12.2 Å². The second-order valence-corrected chi connectivity index (χ2v) is 5.22. The van der Waals surface area contributed by atoms with Crippen molar-refractivity contribution in [2.75, 3.05) is 26.2 Å². The molecule has 18 heavy (non-hydrogen) atoms. The van der Waals surface area contributed by atoms with Crippen molar-refractivity contribution in [3.63, 3.8) is 0 Å². The van der Waals surface area contributed by atoms with Crippen molar-refractivity contribution in [2.24, 2.45) is 11.7 Å². The van der Waals surface area contributed by atoms with Gasteiger partial charge in [-0.05, 0) is 31.7 Å². The van der Waals surface area contributed by atoms with Crippen LogP contribution in [0.15, 0.2) is 0 Å². The first-order valence-corrected chi connectivity index (χ1v) is 7.06. The third kappa shape index (κ3) is 5.23. The highest BCUT2D eigenvalue weighted by molar-refractivity contribution is 5.72. The van der Waals surface area contributed by atoms with Gasteiger partial charge in [-0.2, -0.15) is 0 Å². The van der Waals surface area contributed by atoms with Gasteiger partial charge in [0.05, 0.1) is 0 Å². The Bertz CT molecular complexity index is 248. The lowest BCUT2D eigenvalue weighted by Crippen LogP contribution is -2.53. The van der Waals surface area contributed by atoms with E-state index >= 15 is 0 Å². The number of carbonyl (C=O) groups is 1. The van der Waals surface area contributed by atoms with Crippen molar-refractivity contribution in [3.05, 3.63) is 0 Å². The number of aliphatic hydroxyl groups excluding tert-OH is 1. The Labute approximate surface area is 110 Å². The highest BCUT2D eigenvalue weighted by atomic mass is 16.3. The highest BCUT2D eigenvalue weighted by Crippen LogP contribution is 2.22. The topological polar surface area (TPSA) is 78.6 Å². The van der Waals surface area contributed by atoms with E-state index in [0.29, 0.717) is 18.5 Å². The van der Waals surface area contributed by atoms with Crippen LogP contribution in [0.2, 0.25) is 0 Å². The Kier molecular flexibility index (Phi) is 7.05. The molecule has 5 nitrogen and oxygen atoms in total. The summed E-state index contributed by atoms with van der Waals surface area (Å²) in [5.74, 6) is 0.554. The molecular weight excluding hydrogens is 230 g/mol. The van der Waals surface area contributed by atoms with E-state index in [1.54, 1.807) is 4.90 Å². The molecule has 1 aliphatic rings. The predicted molar refractivity (Wildman–Crippen MR) is 72.3 cm³/mol. The first-order valence-electron chi connectivity index (χ1n) is 7.06. The molecule has 1 rings (SSSR count). The maximum absolute atomic E-state index is 11.3. The zero-order chi connectivity index (χ0) is 13.4. The lowest BCUT2D eigenvalue weighted by atomic mass is 9.90. The number of carbonyl (C=O) groups excluding carboxylic acids is 1. The van der Waals surface area contributed by atoms with Crippen LogP contribution in [0.25, 0.3) is 0 Å². The van der Waals surface area contributed by atoms with E-state index < -0.39 is 0 Å². The summed E-state index contributed by atoms with van der Waals surface area (Å²) in [5, 5.41) is 12.2. The van der Waals surface area contributed by atoms with Gasteiger partial charge in [-0.25, -0.2) is 4.79 Å². The van der Waals surface area contributed by atoms with Crippen molar-refractivity contribution in [3.8, 4) is 0 Å². The van der Waals surface area contributed by atoms with Crippen LogP contribution >= 0.6 is 0 Å². The summed E-state index contributed by atoms with van der Waals surface area (Å²) in [6.45, 7) is 4.69. The normalized spacial score (nSPS) is 24.2. The molecule has 4 N–H and O–H groups in total. The van der Waals surface area contributed by atoms with Crippen molar-refractivity contribution >= 4 is 6.03 Å². The molecule has 5 heteroatoms. The number of piperidine rings is 1. The first-order chi connectivity index (χ1) is 8.67. The third-order valence-electron chi connectivity index (χ3n) is 3.58. The number of hydrogen-bond acceptors (Lipinski definition) is 3. The van der Waals surface area contributed by atoms with Crippen molar-refractivity contribution in [1.82, 2.24) is 10.2 Å². The molecule has 0 aromatic heterocycles. The summed E-state index contributed by atoms with van der Waals surface area (Å²) in [5.41, 5.74) is 5.39. The van der Waals surface area contributed by atoms with E-state index in [1.807, 2.05) is 0 Å². The predicted octanol–water partition coefficient (Wildman–Crippen LogP) is 0.918. The minimum Gasteiger partial charge on any atom is -0.396 e. The fourth-order valence-corrected chi connectivity index (χ4v) is 2.62. The molecule has 1 heterocycles. The number of nitrogens with two attached hydrogens (primary N) is 1. The van der Waals surface area contributed by atoms with Gasteiger partial charge in [0.1, 0.15) is 0 Å². The van der Waals surface area contributed by atoms with Crippen LogP contribution < -0.4 is 11.1 Å². The van der Waals surface area contributed by atoms with Crippen molar-refractivity contribution in [1.29, 1.82) is 0 Å². The van der Waals surface area contributed by atoms with Crippen LogP contribution in [0.4, 0.5) is 4.79 Å². The molecule has 1 fully saturated rings. The van der Waals surface area contributed by atoms with Gasteiger partial charge >= 0.3 is 6.03 Å². The molecule has 0 aliphatic carbocycles. The van der Waals surface area contributed by atoms with Gasteiger partial charge in [0.15, 0.2) is 0 Å². The number of amides is 2. The van der Waals surface area contributed by atoms with Gasteiger partial charge < -0.3 is 21.1 Å². The van der Waals surface area contributed by atoms with E-state index in [4.69, 9.17) is 10.8 Å². The first kappa shape index (κ1) is 15.2. The number of nitrogens with zero attached hydrogens (tertiary/aromatic N) is 1. The number of primary amides is 1. The van der Waals surface area contributed by atoms with Crippen LogP contribution in [0.5, 0.6) is 0 Å². The minimum absolute atomic E-state index is 0.207. The molecular formula is C13H27N3O2. The van der Waals surface area contributed by atoms with Crippen molar-refractivity contribution in [2.45, 2.75) is 45.1 Å². The Morgan fingerprint density at radius 1 is 1.44 bits per heavy atom. The monoisotopic (exact) mass is 257 g/mol. The summed E-state index contributed by atoms with van der Waals surface area (Å²) in [7, 11) is 0. The molecule has 0 aromatic rings. The number of hydrogen-bond donors (Lipinski definition) is 3. The smallest absolute Gasteiger partial charge is 0.314 e. The fraction of sp³-hybridized carbons (Fsp3) is 0.923. The van der Waals surface area contributed by atoms with Crippen LogP contribution in [-0.2, 0) is 0 Å². The molecule has 2 atom stereocenters. The van der Waals surface area contributed by atoms with Gasteiger partial charge in [-0.1, -0.05) is 19.8 Å². The molecule has 106 valence electrons. The molecule has 0 spiro atoms. The summed E-state index contributed by atoms with van der Waals surface area (Å²) < 4.78 is 0. The molecule has 1 saturated heterocycles. The van der Waals surface area contributed by atoms with E-state index in [9.17, 15) is 4.79 Å². The highest BCUT2D eigenvalue weighted by Gasteiger charge is 2.28. The Balaban J connectivity index is 2.43. The lowest BCUT2D eigenvalue weighted by molar-refractivity contribution is 0.147. The number of likely N-dealkylation sites (tertiary alicyclic amines) is 1. The molecule has 1 aliphatic heterocycles. The number of nitrogens with one attached hydrogen (secondary N) is 1. The Morgan fingerprint density at radius 2 is 2.22 bits per heavy atom. The van der Waals surface area contributed by atoms with Crippen LogP contribution in [0, 0.1) is 5.92 Å². The van der Waals surface area contributed by atoms with Gasteiger partial charge in [0.25, 0.3) is 0 Å². The Hall–Kier alpha value is -0.810. The molecule has 0 aromatic carbocycles. The summed E-state index contributed by atoms with van der Waals surface area (Å²) in [4.78, 5) is 13.1. The quantitative estimate of drug-likeness (QED) is 0.593. The summed E-state index contributed by atoms with van der Waals surface area (Å²) in [6, 6.07) is 0.00446. The van der Waals surface area contributed by atoms with Gasteiger partial charge in [0, 0.05) is 25.7 Å². The molecule has 0 radical (unpaired) electrons. The average Bonchev–Trinajstić information content (AvgIpc) is 2.36. The van der Waals surface area contributed by atoms with E-state index in [-0.39, 0.29) is 12.6 Å². The molecule has 0 saturated carbocycles. The molecule has 2 unspecified atom stereocenters. The van der Waals surface area contributed by atoms with E-state index in [0.717, 1.165) is 25.9 Å². The Morgan fingerprint density at radius 3 is 2.83 bits per heavy atom. The largest absolute Gasteiger partial charge is 0.396 e. The summed E-state index contributed by atoms with van der Waals surface area (Å²) >= 11 is 0. The third-order valence-corrected chi connectivity index (χ3v) is 3.58. The maximum atomic E-state index is 11.3. The van der Waals surface area contributed by atoms with Gasteiger partial charge in [-0.3, -0.25) is 0 Å². The number of urea groups is 1. The maximum Gasteiger partial charge on any atom is 0.314 e. The average molecular weight is 257 g/mol. The van der Waals surface area contributed by atoms with Crippen LogP contribution in [0.3, 0.4) is 0 Å².